The second kappa shape index (κ2) is 3.84. The maximum atomic E-state index is 11.5. The molecule has 0 spiro atoms. The van der Waals surface area contributed by atoms with Crippen LogP contribution in [0.5, 0.6) is 5.75 Å². The lowest BCUT2D eigenvalue weighted by molar-refractivity contribution is 0.0596. The zero-order valence-corrected chi connectivity index (χ0v) is 8.99. The average molecular weight is 221 g/mol. The molecule has 0 saturated heterocycles. The number of hydrogen-bond donors (Lipinski definition) is 1. The Morgan fingerprint density at radius 2 is 2.12 bits per heavy atom. The molecule has 1 amide bonds. The number of methoxy groups -OCH3 is 2. The number of rotatable bonds is 2. The Morgan fingerprint density at radius 3 is 2.75 bits per heavy atom. The minimum atomic E-state index is -0.473. The van der Waals surface area contributed by atoms with Crippen molar-refractivity contribution in [3.05, 3.63) is 28.8 Å². The van der Waals surface area contributed by atoms with Crippen LogP contribution in [0.3, 0.4) is 0 Å². The highest BCUT2D eigenvalue weighted by Gasteiger charge is 2.24. The highest BCUT2D eigenvalue weighted by atomic mass is 16.5. The second-order valence-electron chi connectivity index (χ2n) is 3.38. The van der Waals surface area contributed by atoms with Crippen LogP contribution in [0.4, 0.5) is 0 Å². The largest absolute Gasteiger partial charge is 0.496 e. The van der Waals surface area contributed by atoms with E-state index in [-0.39, 0.29) is 5.91 Å². The van der Waals surface area contributed by atoms with Gasteiger partial charge in [0.05, 0.1) is 14.2 Å². The van der Waals surface area contributed by atoms with Crippen LogP contribution >= 0.6 is 0 Å². The Balaban J connectivity index is 2.55. The third-order valence-electron chi connectivity index (χ3n) is 2.51. The van der Waals surface area contributed by atoms with Crippen LogP contribution in [0.15, 0.2) is 12.1 Å². The molecule has 16 heavy (non-hydrogen) atoms. The van der Waals surface area contributed by atoms with Crippen LogP contribution in [0, 0.1) is 0 Å². The van der Waals surface area contributed by atoms with E-state index in [1.807, 2.05) is 0 Å². The number of carbonyl (C=O) groups excluding carboxylic acids is 2. The lowest BCUT2D eigenvalue weighted by Gasteiger charge is -2.08. The van der Waals surface area contributed by atoms with Gasteiger partial charge in [0, 0.05) is 12.1 Å². The second-order valence-corrected chi connectivity index (χ2v) is 3.38. The van der Waals surface area contributed by atoms with E-state index < -0.39 is 5.97 Å². The van der Waals surface area contributed by atoms with Gasteiger partial charge < -0.3 is 14.8 Å². The fraction of sp³-hybridized carbons (Fsp3) is 0.273. The molecule has 84 valence electrons. The average Bonchev–Trinajstić information content (AvgIpc) is 2.68. The summed E-state index contributed by atoms with van der Waals surface area (Å²) in [6.45, 7) is 0.433. The maximum Gasteiger partial charge on any atom is 0.341 e. The fourth-order valence-electron chi connectivity index (χ4n) is 1.69. The molecule has 0 atom stereocenters. The number of amides is 1. The van der Waals surface area contributed by atoms with Crippen LogP contribution in [0.25, 0.3) is 0 Å². The van der Waals surface area contributed by atoms with Crippen molar-refractivity contribution >= 4 is 11.9 Å². The quantitative estimate of drug-likeness (QED) is 0.747. The topological polar surface area (TPSA) is 64.6 Å². The molecular formula is C11H11NO4. The van der Waals surface area contributed by atoms with Gasteiger partial charge in [-0.05, 0) is 17.7 Å². The van der Waals surface area contributed by atoms with Gasteiger partial charge in [-0.1, -0.05) is 0 Å². The molecule has 2 rings (SSSR count). The summed E-state index contributed by atoms with van der Waals surface area (Å²) in [5, 5.41) is 2.67. The molecule has 1 heterocycles. The molecule has 0 fully saturated rings. The van der Waals surface area contributed by atoms with Crippen molar-refractivity contribution in [2.75, 3.05) is 14.2 Å². The zero-order chi connectivity index (χ0) is 11.7. The van der Waals surface area contributed by atoms with Crippen molar-refractivity contribution in [3.63, 3.8) is 0 Å². The number of esters is 1. The van der Waals surface area contributed by atoms with Gasteiger partial charge in [0.1, 0.15) is 11.3 Å². The van der Waals surface area contributed by atoms with Crippen molar-refractivity contribution in [2.45, 2.75) is 6.54 Å². The lowest BCUT2D eigenvalue weighted by atomic mass is 10.0. The minimum Gasteiger partial charge on any atom is -0.496 e. The van der Waals surface area contributed by atoms with Crippen molar-refractivity contribution in [3.8, 4) is 5.75 Å². The van der Waals surface area contributed by atoms with E-state index in [4.69, 9.17) is 4.74 Å². The van der Waals surface area contributed by atoms with E-state index in [9.17, 15) is 9.59 Å². The van der Waals surface area contributed by atoms with E-state index in [0.29, 0.717) is 23.4 Å². The Morgan fingerprint density at radius 1 is 1.38 bits per heavy atom. The minimum absolute atomic E-state index is 0.148. The summed E-state index contributed by atoms with van der Waals surface area (Å²) < 4.78 is 9.70. The van der Waals surface area contributed by atoms with E-state index in [2.05, 4.69) is 10.1 Å². The molecule has 0 radical (unpaired) electrons. The standard InChI is InChI=1S/C11H11NO4/c1-15-9-4-7-6(5-12-10(7)13)3-8(9)11(14)16-2/h3-4H,5H2,1-2H3,(H,12,13). The van der Waals surface area contributed by atoms with Crippen LogP contribution < -0.4 is 10.1 Å². The predicted octanol–water partition coefficient (Wildman–Crippen LogP) is 0.725. The molecule has 0 aliphatic carbocycles. The van der Waals surface area contributed by atoms with Crippen molar-refractivity contribution in [1.82, 2.24) is 5.32 Å². The van der Waals surface area contributed by atoms with E-state index in [1.165, 1.54) is 14.2 Å². The molecule has 0 saturated carbocycles. The molecule has 1 aliphatic rings. The van der Waals surface area contributed by atoms with Crippen molar-refractivity contribution in [2.24, 2.45) is 0 Å². The SMILES string of the molecule is COC(=O)c1cc2c(cc1OC)C(=O)NC2. The van der Waals surface area contributed by atoms with Gasteiger partial charge in [-0.25, -0.2) is 4.79 Å². The first-order valence-corrected chi connectivity index (χ1v) is 4.74. The molecular weight excluding hydrogens is 210 g/mol. The highest BCUT2D eigenvalue weighted by Crippen LogP contribution is 2.27. The van der Waals surface area contributed by atoms with Crippen LogP contribution in [0.1, 0.15) is 26.3 Å². The van der Waals surface area contributed by atoms with Crippen molar-refractivity contribution < 1.29 is 19.1 Å². The zero-order valence-electron chi connectivity index (χ0n) is 8.99. The summed E-state index contributed by atoms with van der Waals surface area (Å²) in [5.74, 6) is -0.272. The van der Waals surface area contributed by atoms with Gasteiger partial charge in [-0.2, -0.15) is 0 Å². The summed E-state index contributed by atoms with van der Waals surface area (Å²) in [5.41, 5.74) is 1.66. The molecule has 5 heteroatoms. The van der Waals surface area contributed by atoms with Gasteiger partial charge in [-0.3, -0.25) is 4.79 Å². The Bertz CT molecular complexity index is 467. The molecule has 1 aromatic carbocycles. The van der Waals surface area contributed by atoms with Gasteiger partial charge >= 0.3 is 5.97 Å². The molecule has 1 aliphatic heterocycles. The summed E-state index contributed by atoms with van der Waals surface area (Å²) in [6, 6.07) is 3.18. The van der Waals surface area contributed by atoms with Crippen LogP contribution in [-0.4, -0.2) is 26.1 Å². The molecule has 0 bridgehead atoms. The number of carbonyl (C=O) groups is 2. The number of ether oxygens (including phenoxy) is 2. The van der Waals surface area contributed by atoms with E-state index >= 15 is 0 Å². The number of fused-ring (bicyclic) bond motifs is 1. The van der Waals surface area contributed by atoms with Crippen LogP contribution in [0.2, 0.25) is 0 Å². The third-order valence-corrected chi connectivity index (χ3v) is 2.51. The van der Waals surface area contributed by atoms with Crippen molar-refractivity contribution in [1.29, 1.82) is 0 Å². The first-order chi connectivity index (χ1) is 7.67. The number of nitrogens with one attached hydrogen (secondary N) is 1. The molecule has 0 unspecified atom stereocenters. The van der Waals surface area contributed by atoms with Crippen LogP contribution in [-0.2, 0) is 11.3 Å². The summed E-state index contributed by atoms with van der Waals surface area (Å²) in [7, 11) is 2.75. The molecule has 1 N–H and O–H groups in total. The maximum absolute atomic E-state index is 11.5. The Labute approximate surface area is 92.4 Å². The number of hydrogen-bond acceptors (Lipinski definition) is 4. The van der Waals surface area contributed by atoms with Gasteiger partial charge in [0.15, 0.2) is 0 Å². The Kier molecular flexibility index (Phi) is 2.52. The lowest BCUT2D eigenvalue weighted by Crippen LogP contribution is -2.12. The molecule has 5 nitrogen and oxygen atoms in total. The van der Waals surface area contributed by atoms with E-state index in [0.717, 1.165) is 5.56 Å². The fourth-order valence-corrected chi connectivity index (χ4v) is 1.69. The first kappa shape index (κ1) is 10.5. The smallest absolute Gasteiger partial charge is 0.341 e. The summed E-state index contributed by atoms with van der Waals surface area (Å²) in [4.78, 5) is 22.9. The van der Waals surface area contributed by atoms with Gasteiger partial charge in [0.25, 0.3) is 5.91 Å². The summed E-state index contributed by atoms with van der Waals surface area (Å²) >= 11 is 0. The predicted molar refractivity (Wildman–Crippen MR) is 55.5 cm³/mol. The Hall–Kier alpha value is -2.04. The monoisotopic (exact) mass is 221 g/mol. The third kappa shape index (κ3) is 1.50. The van der Waals surface area contributed by atoms with E-state index in [1.54, 1.807) is 12.1 Å². The normalized spacial score (nSPS) is 13.0. The number of benzene rings is 1. The van der Waals surface area contributed by atoms with Gasteiger partial charge in [-0.15, -0.1) is 0 Å². The molecule has 0 aromatic heterocycles. The molecule has 1 aromatic rings. The first-order valence-electron chi connectivity index (χ1n) is 4.74. The van der Waals surface area contributed by atoms with Gasteiger partial charge in [0.2, 0.25) is 0 Å². The highest BCUT2D eigenvalue weighted by molar-refractivity contribution is 6.01. The summed E-state index contributed by atoms with van der Waals surface area (Å²) in [6.07, 6.45) is 0.